The molecule has 0 aliphatic carbocycles. The quantitative estimate of drug-likeness (QED) is 0.811. The Hall–Kier alpha value is -1.41. The third kappa shape index (κ3) is 6.15. The highest BCUT2D eigenvalue weighted by Crippen LogP contribution is 2.36. The zero-order chi connectivity index (χ0) is 16.0. The van der Waals surface area contributed by atoms with Gasteiger partial charge in [-0.05, 0) is 62.0 Å². The highest BCUT2D eigenvalue weighted by molar-refractivity contribution is 8.00. The van der Waals surface area contributed by atoms with Crippen LogP contribution >= 0.6 is 11.8 Å². The van der Waals surface area contributed by atoms with Crippen LogP contribution < -0.4 is 10.6 Å². The van der Waals surface area contributed by atoms with Crippen molar-refractivity contribution in [1.29, 1.82) is 0 Å². The molecule has 22 heavy (non-hydrogen) atoms. The summed E-state index contributed by atoms with van der Waals surface area (Å²) in [6, 6.07) is 5.22. The largest absolute Gasteiger partial charge is 0.446 e. The molecule has 2 rings (SSSR count). The van der Waals surface area contributed by atoms with Gasteiger partial charge in [0.05, 0.1) is 0 Å². The van der Waals surface area contributed by atoms with Gasteiger partial charge in [0.15, 0.2) is 0 Å². The molecule has 8 heteroatoms. The van der Waals surface area contributed by atoms with Crippen molar-refractivity contribution < 1.29 is 18.0 Å². The molecule has 1 saturated heterocycles. The molecule has 0 bridgehead atoms. The van der Waals surface area contributed by atoms with Crippen LogP contribution in [0.3, 0.4) is 0 Å². The first-order valence-electron chi connectivity index (χ1n) is 7.05. The van der Waals surface area contributed by atoms with Crippen LogP contribution in [0.5, 0.6) is 0 Å². The molecule has 4 nitrogen and oxygen atoms in total. The molecular formula is C14H18F3N3OS. The van der Waals surface area contributed by atoms with E-state index in [2.05, 4.69) is 15.5 Å². The number of urea groups is 1. The van der Waals surface area contributed by atoms with Gasteiger partial charge in [0, 0.05) is 23.7 Å². The number of carbonyl (C=O) groups excluding carboxylic acids is 1. The number of likely N-dealkylation sites (tertiary alicyclic amines) is 1. The lowest BCUT2D eigenvalue weighted by atomic mass is 10.3. The Balaban J connectivity index is 1.71. The van der Waals surface area contributed by atoms with E-state index in [0.29, 0.717) is 12.2 Å². The van der Waals surface area contributed by atoms with E-state index in [1.165, 1.54) is 37.1 Å². The lowest BCUT2D eigenvalue weighted by molar-refractivity contribution is -0.0328. The van der Waals surface area contributed by atoms with Crippen LogP contribution in [0.4, 0.5) is 23.7 Å². The van der Waals surface area contributed by atoms with E-state index in [-0.39, 0.29) is 22.7 Å². The van der Waals surface area contributed by atoms with Gasteiger partial charge in [0.1, 0.15) is 0 Å². The summed E-state index contributed by atoms with van der Waals surface area (Å²) in [5.74, 6) is 0. The maximum atomic E-state index is 12.2. The molecule has 1 heterocycles. The third-order valence-corrected chi connectivity index (χ3v) is 4.00. The topological polar surface area (TPSA) is 44.4 Å². The van der Waals surface area contributed by atoms with Gasteiger partial charge in [-0.2, -0.15) is 13.2 Å². The molecule has 1 aliphatic heterocycles. The second kappa shape index (κ2) is 7.73. The molecule has 1 aliphatic rings. The fourth-order valence-corrected chi connectivity index (χ4v) is 2.79. The van der Waals surface area contributed by atoms with E-state index in [1.807, 2.05) is 0 Å². The van der Waals surface area contributed by atoms with Gasteiger partial charge in [-0.15, -0.1) is 0 Å². The highest BCUT2D eigenvalue weighted by Gasteiger charge is 2.29. The molecule has 0 atom stereocenters. The van der Waals surface area contributed by atoms with Crippen molar-refractivity contribution in [2.24, 2.45) is 0 Å². The maximum Gasteiger partial charge on any atom is 0.446 e. The molecule has 0 spiro atoms. The SMILES string of the molecule is O=C(NCCN1CCCC1)Nc1ccc(SC(F)(F)F)cc1. The first kappa shape index (κ1) is 17.0. The number of hydrogen-bond donors (Lipinski definition) is 2. The minimum absolute atomic E-state index is 0.0903. The number of hydrogen-bond acceptors (Lipinski definition) is 3. The first-order valence-corrected chi connectivity index (χ1v) is 7.87. The summed E-state index contributed by atoms with van der Waals surface area (Å²) in [5.41, 5.74) is -3.84. The van der Waals surface area contributed by atoms with Crippen LogP contribution in [-0.4, -0.2) is 42.6 Å². The number of amides is 2. The van der Waals surface area contributed by atoms with E-state index in [9.17, 15) is 18.0 Å². The van der Waals surface area contributed by atoms with Gasteiger partial charge in [-0.1, -0.05) is 0 Å². The minimum Gasteiger partial charge on any atom is -0.337 e. The smallest absolute Gasteiger partial charge is 0.337 e. The zero-order valence-corrected chi connectivity index (χ0v) is 12.8. The number of thioether (sulfide) groups is 1. The number of nitrogens with one attached hydrogen (secondary N) is 2. The van der Waals surface area contributed by atoms with Gasteiger partial charge in [-0.25, -0.2) is 4.79 Å². The van der Waals surface area contributed by atoms with E-state index in [4.69, 9.17) is 0 Å². The minimum atomic E-state index is -4.30. The monoisotopic (exact) mass is 333 g/mol. The fourth-order valence-electron chi connectivity index (χ4n) is 2.25. The third-order valence-electron chi connectivity index (χ3n) is 3.26. The molecule has 1 fully saturated rings. The zero-order valence-electron chi connectivity index (χ0n) is 11.9. The van der Waals surface area contributed by atoms with Gasteiger partial charge < -0.3 is 15.5 Å². The van der Waals surface area contributed by atoms with E-state index in [0.717, 1.165) is 19.6 Å². The molecule has 0 unspecified atom stereocenters. The van der Waals surface area contributed by atoms with Crippen molar-refractivity contribution in [1.82, 2.24) is 10.2 Å². The normalized spacial score (nSPS) is 15.8. The Kier molecular flexibility index (Phi) is 5.96. The number of rotatable bonds is 5. The average molecular weight is 333 g/mol. The van der Waals surface area contributed by atoms with Gasteiger partial charge in [0.25, 0.3) is 0 Å². The predicted molar refractivity (Wildman–Crippen MR) is 81.0 cm³/mol. The molecule has 2 amide bonds. The van der Waals surface area contributed by atoms with Gasteiger partial charge in [-0.3, -0.25) is 0 Å². The number of alkyl halides is 3. The number of carbonyl (C=O) groups is 1. The van der Waals surface area contributed by atoms with Crippen LogP contribution in [0, 0.1) is 0 Å². The van der Waals surface area contributed by atoms with E-state index < -0.39 is 5.51 Å². The summed E-state index contributed by atoms with van der Waals surface area (Å²) in [4.78, 5) is 14.0. The summed E-state index contributed by atoms with van der Waals surface area (Å²) >= 11 is -0.178. The van der Waals surface area contributed by atoms with E-state index >= 15 is 0 Å². The van der Waals surface area contributed by atoms with Gasteiger partial charge in [0.2, 0.25) is 0 Å². The molecule has 0 aromatic heterocycles. The molecule has 0 radical (unpaired) electrons. The van der Waals surface area contributed by atoms with Crippen LogP contribution in [-0.2, 0) is 0 Å². The van der Waals surface area contributed by atoms with Crippen molar-refractivity contribution >= 4 is 23.5 Å². The summed E-state index contributed by atoms with van der Waals surface area (Å²) in [6.45, 7) is 3.51. The number of nitrogens with zero attached hydrogens (tertiary/aromatic N) is 1. The number of benzene rings is 1. The van der Waals surface area contributed by atoms with Crippen LogP contribution in [0.15, 0.2) is 29.2 Å². The lowest BCUT2D eigenvalue weighted by Crippen LogP contribution is -2.35. The van der Waals surface area contributed by atoms with Crippen molar-refractivity contribution in [3.05, 3.63) is 24.3 Å². The second-order valence-electron chi connectivity index (χ2n) is 5.00. The van der Waals surface area contributed by atoms with Crippen molar-refractivity contribution in [2.75, 3.05) is 31.5 Å². The molecular weight excluding hydrogens is 315 g/mol. The Morgan fingerprint density at radius 3 is 2.41 bits per heavy atom. The van der Waals surface area contributed by atoms with Crippen LogP contribution in [0.25, 0.3) is 0 Å². The summed E-state index contributed by atoms with van der Waals surface area (Å²) in [5, 5.41) is 5.33. The Morgan fingerprint density at radius 1 is 1.18 bits per heavy atom. The maximum absolute atomic E-state index is 12.2. The summed E-state index contributed by atoms with van der Waals surface area (Å²) in [7, 11) is 0. The molecule has 1 aromatic carbocycles. The Morgan fingerprint density at radius 2 is 1.82 bits per heavy atom. The highest BCUT2D eigenvalue weighted by atomic mass is 32.2. The van der Waals surface area contributed by atoms with Crippen molar-refractivity contribution in [2.45, 2.75) is 23.2 Å². The lowest BCUT2D eigenvalue weighted by Gasteiger charge is -2.15. The molecule has 122 valence electrons. The first-order chi connectivity index (χ1) is 10.4. The molecule has 2 N–H and O–H groups in total. The Labute approximate surface area is 131 Å². The van der Waals surface area contributed by atoms with Crippen LogP contribution in [0.2, 0.25) is 0 Å². The summed E-state index contributed by atoms with van der Waals surface area (Å²) < 4.78 is 36.6. The molecule has 1 aromatic rings. The fraction of sp³-hybridized carbons (Fsp3) is 0.500. The average Bonchev–Trinajstić information content (AvgIpc) is 2.92. The van der Waals surface area contributed by atoms with Gasteiger partial charge >= 0.3 is 11.5 Å². The second-order valence-corrected chi connectivity index (χ2v) is 6.14. The van der Waals surface area contributed by atoms with Crippen molar-refractivity contribution in [3.8, 4) is 0 Å². The number of anilines is 1. The van der Waals surface area contributed by atoms with Crippen LogP contribution in [0.1, 0.15) is 12.8 Å². The molecule has 0 saturated carbocycles. The van der Waals surface area contributed by atoms with Crippen molar-refractivity contribution in [3.63, 3.8) is 0 Å². The summed E-state index contributed by atoms with van der Waals surface area (Å²) in [6.07, 6.45) is 2.41. The Bertz CT molecular complexity index is 487. The predicted octanol–water partition coefficient (Wildman–Crippen LogP) is 3.52. The number of halogens is 3. The van der Waals surface area contributed by atoms with E-state index in [1.54, 1.807) is 0 Å². The standard InChI is InChI=1S/C14H18F3N3OS/c15-14(16,17)22-12-5-3-11(4-6-12)19-13(21)18-7-10-20-8-1-2-9-20/h3-6H,1-2,7-10H2,(H2,18,19,21).